The van der Waals surface area contributed by atoms with Gasteiger partial charge in [0.2, 0.25) is 11.8 Å². The van der Waals surface area contributed by atoms with Crippen LogP contribution in [0.1, 0.15) is 30.8 Å². The number of carbonyl (C=O) groups is 2. The molecule has 1 unspecified atom stereocenters. The van der Waals surface area contributed by atoms with Crippen LogP contribution in [0.15, 0.2) is 0 Å². The Kier molecular flexibility index (Phi) is 3.47. The molecule has 0 radical (unpaired) electrons. The molecular weight excluding hydrogens is 288 g/mol. The molecule has 0 saturated carbocycles. The maximum absolute atomic E-state index is 12.6. The molecule has 0 aliphatic carbocycles. The third kappa shape index (κ3) is 2.54. The molecular formula is C14H20N4O2S. The van der Waals surface area contributed by atoms with Gasteiger partial charge in [-0.15, -0.1) is 11.8 Å². The van der Waals surface area contributed by atoms with E-state index in [1.54, 1.807) is 11.8 Å². The van der Waals surface area contributed by atoms with Crippen LogP contribution in [0.5, 0.6) is 0 Å². The monoisotopic (exact) mass is 308 g/mol. The fourth-order valence-electron chi connectivity index (χ4n) is 2.70. The zero-order valence-corrected chi connectivity index (χ0v) is 13.3. The fourth-order valence-corrected chi connectivity index (χ4v) is 3.70. The lowest BCUT2D eigenvalue weighted by atomic mass is 10.0. The van der Waals surface area contributed by atoms with E-state index < -0.39 is 10.8 Å². The van der Waals surface area contributed by atoms with Gasteiger partial charge in [0.25, 0.3) is 0 Å². The first kappa shape index (κ1) is 14.4. The molecule has 2 N–H and O–H groups in total. The molecule has 1 fully saturated rings. The number of H-pyrrole nitrogens is 1. The first-order valence-electron chi connectivity index (χ1n) is 7.15. The molecule has 1 atom stereocenters. The van der Waals surface area contributed by atoms with Crippen LogP contribution in [0.4, 0.5) is 0 Å². The highest BCUT2D eigenvalue weighted by Gasteiger charge is 2.39. The molecule has 6 nitrogen and oxygen atoms in total. The number of aromatic amines is 1. The van der Waals surface area contributed by atoms with E-state index in [0.717, 1.165) is 23.4 Å². The zero-order chi connectivity index (χ0) is 15.2. The zero-order valence-electron chi connectivity index (χ0n) is 12.5. The highest BCUT2D eigenvalue weighted by atomic mass is 32.2. The van der Waals surface area contributed by atoms with Gasteiger partial charge in [0.15, 0.2) is 0 Å². The van der Waals surface area contributed by atoms with Gasteiger partial charge in [0.05, 0.1) is 10.4 Å². The minimum atomic E-state index is -0.451. The van der Waals surface area contributed by atoms with Gasteiger partial charge in [-0.2, -0.15) is 5.10 Å². The summed E-state index contributed by atoms with van der Waals surface area (Å²) in [7, 11) is 0. The molecule has 21 heavy (non-hydrogen) atoms. The average molecular weight is 308 g/mol. The van der Waals surface area contributed by atoms with Crippen LogP contribution in [-0.4, -0.2) is 50.0 Å². The predicted molar refractivity (Wildman–Crippen MR) is 80.9 cm³/mol. The third-order valence-corrected chi connectivity index (χ3v) is 5.61. The molecule has 3 heterocycles. The minimum Gasteiger partial charge on any atom is -0.342 e. The molecule has 7 heteroatoms. The summed E-state index contributed by atoms with van der Waals surface area (Å²) in [6, 6.07) is -0.413. The summed E-state index contributed by atoms with van der Waals surface area (Å²) in [5.74, 6) is 0.581. The Morgan fingerprint density at radius 1 is 1.48 bits per heavy atom. The van der Waals surface area contributed by atoms with Crippen molar-refractivity contribution >= 4 is 23.6 Å². The number of nitrogens with zero attached hydrogens (tertiary/aromatic N) is 2. The lowest BCUT2D eigenvalue weighted by Gasteiger charge is -2.36. The molecule has 1 aromatic rings. The van der Waals surface area contributed by atoms with Crippen molar-refractivity contribution in [1.82, 2.24) is 20.4 Å². The summed E-state index contributed by atoms with van der Waals surface area (Å²) in [5.41, 5.74) is 3.19. The van der Waals surface area contributed by atoms with Crippen LogP contribution in [0.25, 0.3) is 0 Å². The predicted octanol–water partition coefficient (Wildman–Crippen LogP) is 0.613. The number of rotatable bonds is 1. The lowest BCUT2D eigenvalue weighted by Crippen LogP contribution is -2.58. The molecule has 2 aliphatic rings. The number of hydrogen-bond acceptors (Lipinski definition) is 4. The second-order valence-electron chi connectivity index (χ2n) is 6.13. The summed E-state index contributed by atoms with van der Waals surface area (Å²) >= 11 is 1.54. The third-order valence-electron chi connectivity index (χ3n) is 4.20. The van der Waals surface area contributed by atoms with E-state index >= 15 is 0 Å². The molecule has 2 aliphatic heterocycles. The maximum atomic E-state index is 12.6. The molecule has 1 aromatic heterocycles. The summed E-state index contributed by atoms with van der Waals surface area (Å²) in [5, 5.41) is 10.1. The summed E-state index contributed by atoms with van der Waals surface area (Å²) < 4.78 is -0.451. The van der Waals surface area contributed by atoms with E-state index in [1.165, 1.54) is 0 Å². The standard InChI is InChI=1S/C14H20N4O2S/c1-8-9-6-18(5-4-10(9)17-16-8)12(19)11-7-21-14(2,3)13(20)15-11/h11H,4-7H2,1-3H3,(H,15,20)(H,16,17). The highest BCUT2D eigenvalue weighted by molar-refractivity contribution is 8.01. The van der Waals surface area contributed by atoms with Crippen LogP contribution < -0.4 is 5.32 Å². The number of aryl methyl sites for hydroxylation is 1. The molecule has 3 rings (SSSR count). The van der Waals surface area contributed by atoms with Crippen molar-refractivity contribution in [3.05, 3.63) is 17.0 Å². The first-order chi connectivity index (χ1) is 9.88. The smallest absolute Gasteiger partial charge is 0.246 e. The molecule has 0 bridgehead atoms. The van der Waals surface area contributed by atoms with Crippen LogP contribution in [-0.2, 0) is 22.6 Å². The van der Waals surface area contributed by atoms with Crippen molar-refractivity contribution in [2.75, 3.05) is 12.3 Å². The van der Waals surface area contributed by atoms with Crippen molar-refractivity contribution in [3.63, 3.8) is 0 Å². The van der Waals surface area contributed by atoms with Gasteiger partial charge in [0.1, 0.15) is 6.04 Å². The van der Waals surface area contributed by atoms with Crippen molar-refractivity contribution in [1.29, 1.82) is 0 Å². The van der Waals surface area contributed by atoms with Gasteiger partial charge in [-0.1, -0.05) is 0 Å². The molecule has 0 spiro atoms. The molecule has 1 saturated heterocycles. The number of aromatic nitrogens is 2. The Morgan fingerprint density at radius 2 is 2.24 bits per heavy atom. The van der Waals surface area contributed by atoms with Gasteiger partial charge >= 0.3 is 0 Å². The minimum absolute atomic E-state index is 0.0117. The fraction of sp³-hybridized carbons (Fsp3) is 0.643. The number of carbonyl (C=O) groups excluding carboxylic acids is 2. The first-order valence-corrected chi connectivity index (χ1v) is 8.13. The van der Waals surface area contributed by atoms with E-state index in [1.807, 2.05) is 25.7 Å². The normalized spacial score (nSPS) is 24.4. The van der Waals surface area contributed by atoms with Gasteiger partial charge < -0.3 is 10.2 Å². The van der Waals surface area contributed by atoms with Crippen LogP contribution in [0.3, 0.4) is 0 Å². The Labute approximate surface area is 128 Å². The summed E-state index contributed by atoms with van der Waals surface area (Å²) in [4.78, 5) is 26.5. The molecule has 0 aromatic carbocycles. The Balaban J connectivity index is 1.70. The van der Waals surface area contributed by atoms with E-state index in [2.05, 4.69) is 15.5 Å². The number of amides is 2. The number of thioether (sulfide) groups is 1. The summed E-state index contributed by atoms with van der Waals surface area (Å²) in [6.07, 6.45) is 0.769. The average Bonchev–Trinajstić information content (AvgIpc) is 2.82. The van der Waals surface area contributed by atoms with E-state index in [-0.39, 0.29) is 11.8 Å². The van der Waals surface area contributed by atoms with E-state index in [4.69, 9.17) is 0 Å². The largest absolute Gasteiger partial charge is 0.342 e. The Bertz CT molecular complexity index is 596. The van der Waals surface area contributed by atoms with Gasteiger partial charge in [-0.05, 0) is 20.8 Å². The topological polar surface area (TPSA) is 78.1 Å². The maximum Gasteiger partial charge on any atom is 0.246 e. The molecule has 2 amide bonds. The number of hydrogen-bond donors (Lipinski definition) is 2. The van der Waals surface area contributed by atoms with Crippen molar-refractivity contribution in [2.24, 2.45) is 0 Å². The van der Waals surface area contributed by atoms with E-state index in [0.29, 0.717) is 18.8 Å². The SMILES string of the molecule is Cc1[nH]nc2c1CN(C(=O)C1CSC(C)(C)C(=O)N1)CC2. The van der Waals surface area contributed by atoms with Gasteiger partial charge in [0, 0.05) is 36.5 Å². The quantitative estimate of drug-likeness (QED) is 0.797. The van der Waals surface area contributed by atoms with Crippen LogP contribution in [0.2, 0.25) is 0 Å². The lowest BCUT2D eigenvalue weighted by molar-refractivity contribution is -0.137. The Hall–Kier alpha value is -1.50. The second-order valence-corrected chi connectivity index (χ2v) is 7.77. The van der Waals surface area contributed by atoms with Crippen LogP contribution in [0, 0.1) is 6.92 Å². The summed E-state index contributed by atoms with van der Waals surface area (Å²) in [6.45, 7) is 6.99. The van der Waals surface area contributed by atoms with Crippen LogP contribution >= 0.6 is 11.8 Å². The highest BCUT2D eigenvalue weighted by Crippen LogP contribution is 2.30. The van der Waals surface area contributed by atoms with E-state index in [9.17, 15) is 9.59 Å². The van der Waals surface area contributed by atoms with Gasteiger partial charge in [-0.3, -0.25) is 14.7 Å². The second kappa shape index (κ2) is 5.05. The van der Waals surface area contributed by atoms with Crippen molar-refractivity contribution < 1.29 is 9.59 Å². The number of nitrogens with one attached hydrogen (secondary N) is 2. The molecule has 114 valence electrons. The Morgan fingerprint density at radius 3 is 2.95 bits per heavy atom. The van der Waals surface area contributed by atoms with Crippen molar-refractivity contribution in [2.45, 2.75) is 44.5 Å². The van der Waals surface area contributed by atoms with Crippen molar-refractivity contribution in [3.8, 4) is 0 Å². The number of fused-ring (bicyclic) bond motifs is 1. The van der Waals surface area contributed by atoms with Gasteiger partial charge in [-0.25, -0.2) is 0 Å².